The SMILES string of the molecule is CC(C(=O)Nc1ccc(F)cn1)C1CNC1.Cl.Cl. The normalized spacial score (nSPS) is 15.7. The first kappa shape index (κ1) is 17.1. The average molecular weight is 296 g/mol. The van der Waals surface area contributed by atoms with Crippen molar-refractivity contribution in [2.45, 2.75) is 6.92 Å². The predicted octanol–water partition coefficient (Wildman–Crippen LogP) is 1.86. The van der Waals surface area contributed by atoms with E-state index in [0.29, 0.717) is 11.7 Å². The first-order valence-electron chi connectivity index (χ1n) is 5.30. The zero-order valence-corrected chi connectivity index (χ0v) is 11.5. The van der Waals surface area contributed by atoms with Gasteiger partial charge in [-0.05, 0) is 31.1 Å². The molecule has 0 aliphatic carbocycles. The summed E-state index contributed by atoms with van der Waals surface area (Å²) in [5, 5.41) is 5.80. The van der Waals surface area contributed by atoms with Crippen LogP contribution in [0.25, 0.3) is 0 Å². The van der Waals surface area contributed by atoms with Gasteiger partial charge in [-0.3, -0.25) is 4.79 Å². The quantitative estimate of drug-likeness (QED) is 0.895. The van der Waals surface area contributed by atoms with E-state index in [0.717, 1.165) is 19.3 Å². The summed E-state index contributed by atoms with van der Waals surface area (Å²) in [4.78, 5) is 15.5. The molecule has 1 aliphatic rings. The lowest BCUT2D eigenvalue weighted by molar-refractivity contribution is -0.121. The van der Waals surface area contributed by atoms with E-state index < -0.39 is 5.82 Å². The van der Waals surface area contributed by atoms with Crippen molar-refractivity contribution >= 4 is 36.5 Å². The van der Waals surface area contributed by atoms with Crippen LogP contribution in [-0.2, 0) is 4.79 Å². The molecule has 7 heteroatoms. The first-order valence-corrected chi connectivity index (χ1v) is 5.30. The number of nitrogens with zero attached hydrogens (tertiary/aromatic N) is 1. The van der Waals surface area contributed by atoms with Crippen molar-refractivity contribution in [2.75, 3.05) is 18.4 Å². The van der Waals surface area contributed by atoms with Crippen molar-refractivity contribution in [3.8, 4) is 0 Å². The third kappa shape index (κ3) is 4.08. The lowest BCUT2D eigenvalue weighted by atomic mass is 9.88. The van der Waals surface area contributed by atoms with Gasteiger partial charge in [0.1, 0.15) is 11.6 Å². The Kier molecular flexibility index (Phi) is 7.13. The van der Waals surface area contributed by atoms with Gasteiger partial charge in [-0.1, -0.05) is 6.92 Å². The number of aromatic nitrogens is 1. The molecule has 0 radical (unpaired) electrons. The second kappa shape index (κ2) is 7.51. The van der Waals surface area contributed by atoms with Gasteiger partial charge in [0, 0.05) is 5.92 Å². The molecule has 2 N–H and O–H groups in total. The monoisotopic (exact) mass is 295 g/mol. The van der Waals surface area contributed by atoms with Crippen LogP contribution in [0, 0.1) is 17.7 Å². The van der Waals surface area contributed by atoms with Crippen molar-refractivity contribution in [3.05, 3.63) is 24.1 Å². The fraction of sp³-hybridized carbons (Fsp3) is 0.455. The van der Waals surface area contributed by atoms with E-state index in [1.807, 2.05) is 6.92 Å². The number of halogens is 3. The molecule has 1 saturated heterocycles. The maximum atomic E-state index is 12.6. The molecule has 1 aromatic rings. The standard InChI is InChI=1S/C11H14FN3O.2ClH/c1-7(8-4-13-5-8)11(16)15-10-3-2-9(12)6-14-10;;/h2-3,6-8,13H,4-5H2,1H3,(H,14,15,16);2*1H. The first-order chi connectivity index (χ1) is 7.66. The summed E-state index contributed by atoms with van der Waals surface area (Å²) in [6.45, 7) is 3.65. The highest BCUT2D eigenvalue weighted by Crippen LogP contribution is 2.17. The number of rotatable bonds is 3. The summed E-state index contributed by atoms with van der Waals surface area (Å²) >= 11 is 0. The number of pyridine rings is 1. The molecule has 0 spiro atoms. The molecule has 1 aliphatic heterocycles. The summed E-state index contributed by atoms with van der Waals surface area (Å²) in [7, 11) is 0. The summed E-state index contributed by atoms with van der Waals surface area (Å²) in [6, 6.07) is 2.73. The molecule has 0 aromatic carbocycles. The molecule has 4 nitrogen and oxygen atoms in total. The fourth-order valence-corrected chi connectivity index (χ4v) is 1.57. The van der Waals surface area contributed by atoms with Crippen molar-refractivity contribution in [3.63, 3.8) is 0 Å². The molecular weight excluding hydrogens is 280 g/mol. The Hall–Kier alpha value is -0.910. The van der Waals surface area contributed by atoms with Crippen molar-refractivity contribution in [1.82, 2.24) is 10.3 Å². The second-order valence-electron chi connectivity index (χ2n) is 4.06. The number of amides is 1. The van der Waals surface area contributed by atoms with Gasteiger partial charge in [-0.2, -0.15) is 0 Å². The lowest BCUT2D eigenvalue weighted by Gasteiger charge is -2.31. The molecule has 2 heterocycles. The fourth-order valence-electron chi connectivity index (χ4n) is 1.57. The number of hydrogen-bond donors (Lipinski definition) is 2. The second-order valence-corrected chi connectivity index (χ2v) is 4.06. The molecular formula is C11H16Cl2FN3O. The topological polar surface area (TPSA) is 54.0 Å². The molecule has 1 atom stereocenters. The van der Waals surface area contributed by atoms with E-state index in [4.69, 9.17) is 0 Å². The van der Waals surface area contributed by atoms with Crippen LogP contribution < -0.4 is 10.6 Å². The van der Waals surface area contributed by atoms with E-state index >= 15 is 0 Å². The summed E-state index contributed by atoms with van der Waals surface area (Å²) in [5.74, 6) is 0.263. The Morgan fingerprint density at radius 2 is 2.17 bits per heavy atom. The van der Waals surface area contributed by atoms with Gasteiger partial charge in [0.15, 0.2) is 0 Å². The molecule has 1 unspecified atom stereocenters. The minimum absolute atomic E-state index is 0. The Balaban J connectivity index is 0.00000144. The zero-order valence-electron chi connectivity index (χ0n) is 9.85. The maximum absolute atomic E-state index is 12.6. The average Bonchev–Trinajstić information content (AvgIpc) is 2.19. The number of nitrogens with one attached hydrogen (secondary N) is 2. The van der Waals surface area contributed by atoms with E-state index in [-0.39, 0.29) is 36.6 Å². The van der Waals surface area contributed by atoms with Gasteiger partial charge >= 0.3 is 0 Å². The van der Waals surface area contributed by atoms with Crippen LogP contribution in [0.4, 0.5) is 10.2 Å². The highest BCUT2D eigenvalue weighted by atomic mass is 35.5. The molecule has 1 fully saturated rings. The maximum Gasteiger partial charge on any atom is 0.228 e. The number of anilines is 1. The molecule has 102 valence electrons. The van der Waals surface area contributed by atoms with Crippen LogP contribution >= 0.6 is 24.8 Å². The molecule has 1 aromatic heterocycles. The predicted molar refractivity (Wildman–Crippen MR) is 72.8 cm³/mol. The molecule has 0 saturated carbocycles. The van der Waals surface area contributed by atoms with Gasteiger partial charge < -0.3 is 10.6 Å². The Labute approximate surface area is 118 Å². The highest BCUT2D eigenvalue weighted by molar-refractivity contribution is 5.91. The van der Waals surface area contributed by atoms with Crippen molar-refractivity contribution < 1.29 is 9.18 Å². The highest BCUT2D eigenvalue weighted by Gasteiger charge is 2.28. The van der Waals surface area contributed by atoms with Crippen LogP contribution in [0.3, 0.4) is 0 Å². The van der Waals surface area contributed by atoms with Crippen LogP contribution in [0.2, 0.25) is 0 Å². The molecule has 18 heavy (non-hydrogen) atoms. The summed E-state index contributed by atoms with van der Waals surface area (Å²) < 4.78 is 12.6. The van der Waals surface area contributed by atoms with Crippen molar-refractivity contribution in [2.24, 2.45) is 11.8 Å². The van der Waals surface area contributed by atoms with Gasteiger partial charge in [0.2, 0.25) is 5.91 Å². The number of carbonyl (C=O) groups is 1. The molecule has 2 rings (SSSR count). The Morgan fingerprint density at radius 1 is 1.50 bits per heavy atom. The summed E-state index contributed by atoms with van der Waals surface area (Å²) in [6.07, 6.45) is 1.09. The zero-order chi connectivity index (χ0) is 11.5. The van der Waals surface area contributed by atoms with Gasteiger partial charge in [-0.25, -0.2) is 9.37 Å². The van der Waals surface area contributed by atoms with Crippen molar-refractivity contribution in [1.29, 1.82) is 0 Å². The van der Waals surface area contributed by atoms with E-state index in [9.17, 15) is 9.18 Å². The van der Waals surface area contributed by atoms with Crippen LogP contribution in [0.1, 0.15) is 6.92 Å². The molecule has 0 bridgehead atoms. The van der Waals surface area contributed by atoms with Gasteiger partial charge in [0.25, 0.3) is 0 Å². The minimum atomic E-state index is -0.408. The Morgan fingerprint density at radius 3 is 2.61 bits per heavy atom. The number of carbonyl (C=O) groups excluding carboxylic acids is 1. The smallest absolute Gasteiger partial charge is 0.228 e. The third-order valence-corrected chi connectivity index (χ3v) is 2.91. The van der Waals surface area contributed by atoms with Gasteiger partial charge in [-0.15, -0.1) is 24.8 Å². The largest absolute Gasteiger partial charge is 0.316 e. The molecule has 1 amide bonds. The van der Waals surface area contributed by atoms with Crippen LogP contribution in [0.15, 0.2) is 18.3 Å². The van der Waals surface area contributed by atoms with Crippen LogP contribution in [-0.4, -0.2) is 24.0 Å². The summed E-state index contributed by atoms with van der Waals surface area (Å²) in [5.41, 5.74) is 0. The van der Waals surface area contributed by atoms with Gasteiger partial charge in [0.05, 0.1) is 6.20 Å². The number of hydrogen-bond acceptors (Lipinski definition) is 3. The third-order valence-electron chi connectivity index (χ3n) is 2.91. The van der Waals surface area contributed by atoms with E-state index in [1.165, 1.54) is 12.1 Å². The lowest BCUT2D eigenvalue weighted by Crippen LogP contribution is -2.48. The minimum Gasteiger partial charge on any atom is -0.316 e. The van der Waals surface area contributed by atoms with E-state index in [2.05, 4.69) is 15.6 Å². The Bertz CT molecular complexity index is 384. The van der Waals surface area contributed by atoms with E-state index in [1.54, 1.807) is 0 Å². The van der Waals surface area contributed by atoms with Crippen LogP contribution in [0.5, 0.6) is 0 Å².